The van der Waals surface area contributed by atoms with Crippen molar-refractivity contribution in [2.24, 2.45) is 35.0 Å². The molecule has 70 heavy (non-hydrogen) atoms. The predicted molar refractivity (Wildman–Crippen MR) is 263 cm³/mol. The number of unbranched alkanes of at least 4 members (excludes halogenated alkanes) is 2. The second-order valence-electron chi connectivity index (χ2n) is 19.0. The number of aromatic amines is 1. The zero-order valence-electron chi connectivity index (χ0n) is 41.6. The fourth-order valence-corrected chi connectivity index (χ4v) is 7.61. The Balaban J connectivity index is 2.41. The quantitative estimate of drug-likeness (QED) is 0.0403. The van der Waals surface area contributed by atoms with E-state index >= 15 is 0 Å². The summed E-state index contributed by atoms with van der Waals surface area (Å²) in [6.45, 7) is 11.8. The molecule has 0 aliphatic rings. The van der Waals surface area contributed by atoms with Gasteiger partial charge in [-0.15, -0.1) is 0 Å². The molecular weight excluding hydrogens is 905 g/mol. The van der Waals surface area contributed by atoms with E-state index in [1.54, 1.807) is 13.8 Å². The second-order valence-corrected chi connectivity index (χ2v) is 19.0. The molecular formula is C48H80N12O10. The molecule has 1 heterocycles. The van der Waals surface area contributed by atoms with Gasteiger partial charge in [0.15, 0.2) is 0 Å². The molecule has 2 rings (SSSR count). The summed E-state index contributed by atoms with van der Waals surface area (Å²) in [5.74, 6) is -6.92. The fourth-order valence-electron chi connectivity index (χ4n) is 7.61. The number of benzene rings is 1. The van der Waals surface area contributed by atoms with Crippen molar-refractivity contribution < 1.29 is 48.6 Å². The van der Waals surface area contributed by atoms with Gasteiger partial charge in [-0.05, 0) is 94.2 Å². The average Bonchev–Trinajstić information content (AvgIpc) is 3.81. The predicted octanol–water partition coefficient (Wildman–Crippen LogP) is -0.0453. The second kappa shape index (κ2) is 32.0. The SMILES string of the molecule is CC(C)C[C@H](NC[C@H](Cc1ccccc1)NC(=O)[C@H](Cc1cnc[nH]1)NC(=O)[C@H](CCCCN)NC(=O)[C@@H](N)CC(=O)O)C(=O)N[C@@H](CC(C)C)C(=O)N[C@H](C(=O)N[C@@H](CCCCN)C(=O)O)C(C)C. The van der Waals surface area contributed by atoms with Crippen molar-refractivity contribution in [3.8, 4) is 0 Å². The summed E-state index contributed by atoms with van der Waals surface area (Å²) in [6, 6.07) is 0.620. The van der Waals surface area contributed by atoms with E-state index in [2.05, 4.69) is 47.2 Å². The van der Waals surface area contributed by atoms with E-state index in [0.29, 0.717) is 57.3 Å². The molecule has 16 N–H and O–H groups in total. The smallest absolute Gasteiger partial charge is 0.326 e. The van der Waals surface area contributed by atoms with E-state index in [1.165, 1.54) is 12.5 Å². The molecule has 0 saturated heterocycles. The van der Waals surface area contributed by atoms with Crippen LogP contribution in [0, 0.1) is 17.8 Å². The first-order valence-corrected chi connectivity index (χ1v) is 24.3. The highest BCUT2D eigenvalue weighted by Gasteiger charge is 2.34. The van der Waals surface area contributed by atoms with E-state index in [1.807, 2.05) is 58.0 Å². The van der Waals surface area contributed by atoms with Crippen LogP contribution in [0.1, 0.15) is 111 Å². The highest BCUT2D eigenvalue weighted by atomic mass is 16.4. The lowest BCUT2D eigenvalue weighted by molar-refractivity contribution is -0.143. The third-order valence-electron chi connectivity index (χ3n) is 11.4. The van der Waals surface area contributed by atoms with Crippen LogP contribution in [0.15, 0.2) is 42.9 Å². The van der Waals surface area contributed by atoms with Crippen molar-refractivity contribution in [1.82, 2.24) is 47.2 Å². The van der Waals surface area contributed by atoms with Gasteiger partial charge in [-0.3, -0.25) is 33.6 Å². The Kier molecular flexibility index (Phi) is 27.5. The van der Waals surface area contributed by atoms with Gasteiger partial charge in [-0.2, -0.15) is 0 Å². The van der Waals surface area contributed by atoms with Gasteiger partial charge in [0.05, 0.1) is 24.8 Å². The molecule has 0 fully saturated rings. The molecule has 0 unspecified atom stereocenters. The van der Waals surface area contributed by atoms with Gasteiger partial charge in [0, 0.05) is 30.9 Å². The molecule has 0 spiro atoms. The summed E-state index contributed by atoms with van der Waals surface area (Å²) in [6.07, 6.45) is 5.40. The van der Waals surface area contributed by atoms with Crippen molar-refractivity contribution >= 4 is 47.4 Å². The summed E-state index contributed by atoms with van der Waals surface area (Å²) in [5, 5.41) is 38.8. The number of carboxylic acids is 2. The summed E-state index contributed by atoms with van der Waals surface area (Å²) < 4.78 is 0. The highest BCUT2D eigenvalue weighted by Crippen LogP contribution is 2.13. The lowest BCUT2D eigenvalue weighted by Crippen LogP contribution is -2.60. The van der Waals surface area contributed by atoms with E-state index < -0.39 is 108 Å². The summed E-state index contributed by atoms with van der Waals surface area (Å²) in [5.41, 5.74) is 18.4. The van der Waals surface area contributed by atoms with E-state index in [9.17, 15) is 48.6 Å². The van der Waals surface area contributed by atoms with Crippen LogP contribution in [0.5, 0.6) is 0 Å². The Hall–Kier alpha value is -5.97. The number of hydrogen-bond acceptors (Lipinski definition) is 13. The fraction of sp³-hybridized carbons (Fsp3) is 0.646. The van der Waals surface area contributed by atoms with Gasteiger partial charge >= 0.3 is 11.9 Å². The number of H-pyrrole nitrogens is 1. The molecule has 6 amide bonds. The molecule has 392 valence electrons. The monoisotopic (exact) mass is 985 g/mol. The van der Waals surface area contributed by atoms with Crippen molar-refractivity contribution in [2.75, 3.05) is 19.6 Å². The van der Waals surface area contributed by atoms with Crippen LogP contribution in [0.3, 0.4) is 0 Å². The summed E-state index contributed by atoms with van der Waals surface area (Å²) in [4.78, 5) is 113. The lowest BCUT2D eigenvalue weighted by atomic mass is 9.98. The number of imidazole rings is 1. The maximum atomic E-state index is 14.4. The first kappa shape index (κ1) is 60.2. The van der Waals surface area contributed by atoms with Gasteiger partial charge in [0.1, 0.15) is 30.2 Å². The van der Waals surface area contributed by atoms with E-state index in [4.69, 9.17) is 17.2 Å². The number of nitrogens with two attached hydrogens (primary N) is 3. The van der Waals surface area contributed by atoms with Crippen molar-refractivity contribution in [3.05, 3.63) is 54.1 Å². The number of amides is 6. The van der Waals surface area contributed by atoms with Crippen molar-refractivity contribution in [1.29, 1.82) is 0 Å². The molecule has 0 saturated carbocycles. The van der Waals surface area contributed by atoms with Gasteiger partial charge in [0.25, 0.3) is 0 Å². The van der Waals surface area contributed by atoms with Crippen molar-refractivity contribution in [3.63, 3.8) is 0 Å². The normalized spacial score (nSPS) is 14.9. The minimum Gasteiger partial charge on any atom is -0.481 e. The zero-order chi connectivity index (χ0) is 52.3. The number of carbonyl (C=O) groups excluding carboxylic acids is 6. The van der Waals surface area contributed by atoms with Gasteiger partial charge in [0.2, 0.25) is 35.4 Å². The minimum atomic E-state index is -1.43. The van der Waals surface area contributed by atoms with E-state index in [0.717, 1.165) is 5.56 Å². The van der Waals surface area contributed by atoms with Gasteiger partial charge < -0.3 is 69.6 Å². The molecule has 0 radical (unpaired) electrons. The number of aromatic nitrogens is 2. The molecule has 0 bridgehead atoms. The van der Waals surface area contributed by atoms with Crippen molar-refractivity contribution in [2.45, 2.75) is 161 Å². The van der Waals surface area contributed by atoms with Crippen LogP contribution >= 0.6 is 0 Å². The summed E-state index contributed by atoms with van der Waals surface area (Å²) in [7, 11) is 0. The third-order valence-corrected chi connectivity index (χ3v) is 11.4. The van der Waals surface area contributed by atoms with Crippen LogP contribution < -0.4 is 54.4 Å². The number of nitrogens with zero attached hydrogens (tertiary/aromatic N) is 1. The Labute approximate surface area is 411 Å². The molecule has 1 aromatic heterocycles. The molecule has 0 aliphatic heterocycles. The molecule has 2 aromatic rings. The Bertz CT molecular complexity index is 1940. The molecule has 22 heteroatoms. The Morgan fingerprint density at radius 1 is 0.614 bits per heavy atom. The first-order valence-electron chi connectivity index (χ1n) is 24.3. The van der Waals surface area contributed by atoms with Crippen LogP contribution in [0.2, 0.25) is 0 Å². The number of carbonyl (C=O) groups is 8. The largest absolute Gasteiger partial charge is 0.481 e. The van der Waals surface area contributed by atoms with Crippen LogP contribution in [-0.2, 0) is 51.2 Å². The average molecular weight is 985 g/mol. The number of carboxylic acid groups (broad SMARTS) is 2. The van der Waals surface area contributed by atoms with Gasteiger partial charge in [-0.1, -0.05) is 71.9 Å². The number of nitrogens with one attached hydrogen (secondary N) is 8. The van der Waals surface area contributed by atoms with Gasteiger partial charge in [-0.25, -0.2) is 9.78 Å². The number of aliphatic carboxylic acids is 2. The Morgan fingerprint density at radius 2 is 1.14 bits per heavy atom. The number of hydrogen-bond donors (Lipinski definition) is 13. The summed E-state index contributed by atoms with van der Waals surface area (Å²) >= 11 is 0. The topological polar surface area (TPSA) is 368 Å². The first-order chi connectivity index (χ1) is 33.1. The standard InChI is InChI=1S/C48H80N12O10/c1-28(2)20-37(44(65)58-38(21-29(3)4)46(67)60-41(30(5)6)47(68)57-36(48(69)70)17-11-13-19-50)53-26-33(22-31-14-8-7-9-15-31)55-45(66)39(23-32-25-52-27-54-32)59-43(64)35(16-10-12-18-49)56-42(63)34(51)24-40(61)62/h7-9,14-15,25,27-30,33-39,41,53H,10-13,16-24,26,49-51H2,1-6H3,(H,52,54)(H,55,66)(H,56,63)(H,57,68)(H,58,65)(H,59,64)(H,60,67)(H,61,62)(H,69,70)/t33-,34-,35-,36-,37-,38-,39-,41-/m0/s1. The number of rotatable bonds is 35. The van der Waals surface area contributed by atoms with Crippen LogP contribution in [0.4, 0.5) is 0 Å². The highest BCUT2D eigenvalue weighted by molar-refractivity contribution is 5.95. The lowest BCUT2D eigenvalue weighted by Gasteiger charge is -2.30. The Morgan fingerprint density at radius 3 is 1.69 bits per heavy atom. The zero-order valence-corrected chi connectivity index (χ0v) is 41.6. The minimum absolute atomic E-state index is 0.00481. The molecule has 1 aromatic carbocycles. The third kappa shape index (κ3) is 23.1. The van der Waals surface area contributed by atoms with Crippen LogP contribution in [-0.4, -0.2) is 136 Å². The molecule has 22 nitrogen and oxygen atoms in total. The maximum Gasteiger partial charge on any atom is 0.326 e. The molecule has 0 aliphatic carbocycles. The maximum absolute atomic E-state index is 14.4. The van der Waals surface area contributed by atoms with Crippen LogP contribution in [0.25, 0.3) is 0 Å². The van der Waals surface area contributed by atoms with E-state index in [-0.39, 0.29) is 44.1 Å². The molecule has 8 atom stereocenters.